The van der Waals surface area contributed by atoms with E-state index >= 15 is 0 Å². The SMILES string of the molecule is Cc1cc(Br)cc(C(=O)Nc2cccc(CCCCl)c2)c1. The van der Waals surface area contributed by atoms with Crippen molar-refractivity contribution in [1.29, 1.82) is 0 Å². The van der Waals surface area contributed by atoms with Gasteiger partial charge in [0, 0.05) is 21.6 Å². The van der Waals surface area contributed by atoms with Gasteiger partial charge >= 0.3 is 0 Å². The van der Waals surface area contributed by atoms with Crippen molar-refractivity contribution in [3.8, 4) is 0 Å². The highest BCUT2D eigenvalue weighted by atomic mass is 79.9. The van der Waals surface area contributed by atoms with Gasteiger partial charge in [-0.3, -0.25) is 4.79 Å². The number of hydrogen-bond donors (Lipinski definition) is 1. The zero-order valence-corrected chi connectivity index (χ0v) is 14.2. The molecule has 2 nitrogen and oxygen atoms in total. The molecular formula is C17H17BrClNO. The molecule has 0 aromatic heterocycles. The van der Waals surface area contributed by atoms with E-state index in [9.17, 15) is 4.79 Å². The standard InChI is InChI=1S/C17H17BrClNO/c1-12-8-14(11-15(18)9-12)17(21)20-16-6-2-4-13(10-16)5-3-7-19/h2,4,6,8-11H,3,5,7H2,1H3,(H,20,21). The van der Waals surface area contributed by atoms with Gasteiger partial charge in [0.25, 0.3) is 5.91 Å². The molecule has 0 aliphatic rings. The predicted molar refractivity (Wildman–Crippen MR) is 92.3 cm³/mol. The van der Waals surface area contributed by atoms with Gasteiger partial charge in [-0.2, -0.15) is 0 Å². The Kier molecular flexibility index (Phi) is 5.83. The molecule has 0 spiro atoms. The average molecular weight is 367 g/mol. The van der Waals surface area contributed by atoms with Crippen LogP contribution in [0.15, 0.2) is 46.9 Å². The van der Waals surface area contributed by atoms with Crippen molar-refractivity contribution in [2.45, 2.75) is 19.8 Å². The minimum Gasteiger partial charge on any atom is -0.322 e. The summed E-state index contributed by atoms with van der Waals surface area (Å²) in [6, 6.07) is 13.6. The quantitative estimate of drug-likeness (QED) is 0.726. The number of carbonyl (C=O) groups excluding carboxylic acids is 1. The van der Waals surface area contributed by atoms with E-state index in [-0.39, 0.29) is 5.91 Å². The molecule has 4 heteroatoms. The third-order valence-corrected chi connectivity index (χ3v) is 3.81. The van der Waals surface area contributed by atoms with Crippen LogP contribution in [0.25, 0.3) is 0 Å². The van der Waals surface area contributed by atoms with Gasteiger partial charge in [0.15, 0.2) is 0 Å². The number of anilines is 1. The Morgan fingerprint density at radius 1 is 1.24 bits per heavy atom. The minimum atomic E-state index is -0.103. The van der Waals surface area contributed by atoms with Gasteiger partial charge in [-0.1, -0.05) is 28.1 Å². The molecule has 0 aliphatic carbocycles. The number of hydrogen-bond acceptors (Lipinski definition) is 1. The summed E-state index contributed by atoms with van der Waals surface area (Å²) >= 11 is 9.13. The van der Waals surface area contributed by atoms with E-state index in [1.807, 2.05) is 49.4 Å². The molecule has 1 amide bonds. The largest absolute Gasteiger partial charge is 0.322 e. The van der Waals surface area contributed by atoms with Crippen molar-refractivity contribution < 1.29 is 4.79 Å². The number of carbonyl (C=O) groups is 1. The predicted octanol–water partition coefficient (Wildman–Crippen LogP) is 5.18. The normalized spacial score (nSPS) is 10.4. The van der Waals surface area contributed by atoms with Crippen LogP contribution in [0, 0.1) is 6.92 Å². The molecule has 0 aliphatic heterocycles. The Morgan fingerprint density at radius 2 is 2.05 bits per heavy atom. The van der Waals surface area contributed by atoms with Crippen LogP contribution in [-0.2, 0) is 6.42 Å². The van der Waals surface area contributed by atoms with Crippen LogP contribution < -0.4 is 5.32 Å². The van der Waals surface area contributed by atoms with E-state index in [4.69, 9.17) is 11.6 Å². The molecule has 0 radical (unpaired) electrons. The zero-order chi connectivity index (χ0) is 15.2. The lowest BCUT2D eigenvalue weighted by Gasteiger charge is -2.08. The molecule has 0 saturated heterocycles. The van der Waals surface area contributed by atoms with Gasteiger partial charge in [0.1, 0.15) is 0 Å². The fourth-order valence-electron chi connectivity index (χ4n) is 2.15. The maximum atomic E-state index is 12.3. The topological polar surface area (TPSA) is 29.1 Å². The molecule has 0 bridgehead atoms. The monoisotopic (exact) mass is 365 g/mol. The van der Waals surface area contributed by atoms with E-state index in [2.05, 4.69) is 21.2 Å². The summed E-state index contributed by atoms with van der Waals surface area (Å²) in [5.41, 5.74) is 3.68. The van der Waals surface area contributed by atoms with Gasteiger partial charge in [-0.05, 0) is 61.2 Å². The second-order valence-corrected chi connectivity index (χ2v) is 6.26. The van der Waals surface area contributed by atoms with Crippen LogP contribution in [-0.4, -0.2) is 11.8 Å². The van der Waals surface area contributed by atoms with Crippen LogP contribution in [0.2, 0.25) is 0 Å². The highest BCUT2D eigenvalue weighted by Crippen LogP contribution is 2.18. The molecule has 2 rings (SSSR count). The highest BCUT2D eigenvalue weighted by molar-refractivity contribution is 9.10. The van der Waals surface area contributed by atoms with Gasteiger partial charge in [-0.25, -0.2) is 0 Å². The molecule has 2 aromatic rings. The minimum absolute atomic E-state index is 0.103. The first kappa shape index (κ1) is 16.1. The van der Waals surface area contributed by atoms with Gasteiger partial charge < -0.3 is 5.32 Å². The Morgan fingerprint density at radius 3 is 2.76 bits per heavy atom. The fourth-order valence-corrected chi connectivity index (χ4v) is 2.89. The smallest absolute Gasteiger partial charge is 0.255 e. The van der Waals surface area contributed by atoms with Crippen LogP contribution >= 0.6 is 27.5 Å². The first-order valence-corrected chi connectivity index (χ1v) is 8.14. The molecule has 0 saturated carbocycles. The number of halogens is 2. The highest BCUT2D eigenvalue weighted by Gasteiger charge is 2.08. The molecule has 1 N–H and O–H groups in total. The van der Waals surface area contributed by atoms with E-state index in [1.165, 1.54) is 5.56 Å². The summed E-state index contributed by atoms with van der Waals surface area (Å²) in [7, 11) is 0. The second-order valence-electron chi connectivity index (χ2n) is 4.96. The molecule has 0 atom stereocenters. The first-order valence-electron chi connectivity index (χ1n) is 6.82. The Balaban J connectivity index is 2.11. The number of rotatable bonds is 5. The molecule has 0 heterocycles. The van der Waals surface area contributed by atoms with Crippen LogP contribution in [0.1, 0.15) is 27.9 Å². The molecular weight excluding hydrogens is 350 g/mol. The lowest BCUT2D eigenvalue weighted by atomic mass is 10.1. The van der Waals surface area contributed by atoms with Crippen LogP contribution in [0.4, 0.5) is 5.69 Å². The Hall–Kier alpha value is -1.32. The number of alkyl halides is 1. The van der Waals surface area contributed by atoms with Gasteiger partial charge in [0.2, 0.25) is 0 Å². The van der Waals surface area contributed by atoms with Crippen molar-refractivity contribution in [3.05, 3.63) is 63.6 Å². The lowest BCUT2D eigenvalue weighted by Crippen LogP contribution is -2.12. The van der Waals surface area contributed by atoms with E-state index in [1.54, 1.807) is 0 Å². The summed E-state index contributed by atoms with van der Waals surface area (Å²) in [4.78, 5) is 12.3. The molecule has 0 unspecified atom stereocenters. The summed E-state index contributed by atoms with van der Waals surface area (Å²) in [5.74, 6) is 0.544. The van der Waals surface area contributed by atoms with E-state index < -0.39 is 0 Å². The summed E-state index contributed by atoms with van der Waals surface area (Å²) in [5, 5.41) is 2.94. The Labute approximate surface area is 138 Å². The van der Waals surface area contributed by atoms with Crippen molar-refractivity contribution in [2.75, 3.05) is 11.2 Å². The van der Waals surface area contributed by atoms with Crippen molar-refractivity contribution in [1.82, 2.24) is 0 Å². The molecule has 0 fully saturated rings. The van der Waals surface area contributed by atoms with Crippen molar-refractivity contribution in [3.63, 3.8) is 0 Å². The van der Waals surface area contributed by atoms with Crippen LogP contribution in [0.5, 0.6) is 0 Å². The number of amides is 1. The fraction of sp³-hybridized carbons (Fsp3) is 0.235. The van der Waals surface area contributed by atoms with Crippen molar-refractivity contribution in [2.24, 2.45) is 0 Å². The molecule has 110 valence electrons. The van der Waals surface area contributed by atoms with E-state index in [0.29, 0.717) is 11.4 Å². The van der Waals surface area contributed by atoms with E-state index in [0.717, 1.165) is 28.6 Å². The molecule has 2 aromatic carbocycles. The zero-order valence-electron chi connectivity index (χ0n) is 11.8. The molecule has 21 heavy (non-hydrogen) atoms. The first-order chi connectivity index (χ1) is 10.1. The number of benzene rings is 2. The maximum Gasteiger partial charge on any atom is 0.255 e. The summed E-state index contributed by atoms with van der Waals surface area (Å²) in [6.07, 6.45) is 1.85. The lowest BCUT2D eigenvalue weighted by molar-refractivity contribution is 0.102. The number of aryl methyl sites for hydroxylation is 2. The number of nitrogens with one attached hydrogen (secondary N) is 1. The van der Waals surface area contributed by atoms with Crippen LogP contribution in [0.3, 0.4) is 0 Å². The van der Waals surface area contributed by atoms with Gasteiger partial charge in [-0.15, -0.1) is 11.6 Å². The van der Waals surface area contributed by atoms with Gasteiger partial charge in [0.05, 0.1) is 0 Å². The summed E-state index contributed by atoms with van der Waals surface area (Å²) < 4.78 is 0.906. The summed E-state index contributed by atoms with van der Waals surface area (Å²) in [6.45, 7) is 1.97. The Bertz CT molecular complexity index is 622. The third kappa shape index (κ3) is 4.87. The third-order valence-electron chi connectivity index (χ3n) is 3.09. The maximum absolute atomic E-state index is 12.3. The average Bonchev–Trinajstić information content (AvgIpc) is 2.44. The van der Waals surface area contributed by atoms with Crippen molar-refractivity contribution >= 4 is 39.1 Å². The second kappa shape index (κ2) is 7.62.